The van der Waals surface area contributed by atoms with Crippen LogP contribution >= 0.6 is 0 Å². The molecule has 2 saturated heterocycles. The molecular weight excluding hydrogens is 384 g/mol. The molecule has 0 aromatic heterocycles. The number of aliphatic hydroxyl groups is 1. The van der Waals surface area contributed by atoms with E-state index in [2.05, 4.69) is 5.32 Å². The van der Waals surface area contributed by atoms with Crippen molar-refractivity contribution in [1.82, 2.24) is 10.2 Å². The topological polar surface area (TPSA) is 95.9 Å². The molecule has 2 N–H and O–H groups in total. The lowest BCUT2D eigenvalue weighted by Crippen LogP contribution is -2.55. The molecule has 0 aliphatic carbocycles. The number of amides is 2. The van der Waals surface area contributed by atoms with Crippen LogP contribution in [0, 0.1) is 5.92 Å². The van der Waals surface area contributed by atoms with Gasteiger partial charge in [0.15, 0.2) is 0 Å². The summed E-state index contributed by atoms with van der Waals surface area (Å²) in [5, 5.41) is 13.4. The number of carbonyl (C=O) groups excluding carboxylic acids is 3. The molecule has 1 aromatic rings. The van der Waals surface area contributed by atoms with Crippen LogP contribution in [-0.2, 0) is 25.5 Å². The van der Waals surface area contributed by atoms with Gasteiger partial charge in [0.1, 0.15) is 18.2 Å². The third-order valence-corrected chi connectivity index (χ3v) is 6.09. The summed E-state index contributed by atoms with van der Waals surface area (Å²) in [6.07, 6.45) is 1.77. The number of hydrogen-bond acceptors (Lipinski definition) is 5. The highest BCUT2D eigenvalue weighted by molar-refractivity contribution is 5.92. The second kappa shape index (κ2) is 10.1. The number of carbonyl (C=O) groups is 3. The number of benzene rings is 1. The summed E-state index contributed by atoms with van der Waals surface area (Å²) in [4.78, 5) is 40.7. The van der Waals surface area contributed by atoms with E-state index >= 15 is 0 Å². The van der Waals surface area contributed by atoms with Gasteiger partial charge in [-0.15, -0.1) is 0 Å². The van der Waals surface area contributed by atoms with Gasteiger partial charge in [-0.2, -0.15) is 0 Å². The average Bonchev–Trinajstić information content (AvgIpc) is 3.22. The van der Waals surface area contributed by atoms with Gasteiger partial charge in [0, 0.05) is 19.4 Å². The molecule has 0 unspecified atom stereocenters. The molecule has 1 aromatic carbocycles. The Morgan fingerprint density at radius 2 is 1.93 bits per heavy atom. The van der Waals surface area contributed by atoms with Crippen molar-refractivity contribution in [3.05, 3.63) is 35.9 Å². The smallest absolute Gasteiger partial charge is 0.329 e. The van der Waals surface area contributed by atoms with E-state index in [0.29, 0.717) is 25.8 Å². The molecule has 0 saturated carbocycles. The summed E-state index contributed by atoms with van der Waals surface area (Å²) in [6.45, 7) is 4.09. The van der Waals surface area contributed by atoms with Gasteiger partial charge in [0.2, 0.25) is 11.8 Å². The zero-order valence-corrected chi connectivity index (χ0v) is 17.8. The highest BCUT2D eigenvalue weighted by atomic mass is 16.5. The monoisotopic (exact) mass is 416 g/mol. The fourth-order valence-electron chi connectivity index (χ4n) is 4.27. The van der Waals surface area contributed by atoms with Crippen molar-refractivity contribution < 1.29 is 24.2 Å². The van der Waals surface area contributed by atoms with Gasteiger partial charge in [0.05, 0.1) is 12.0 Å². The number of aliphatic hydroxyl groups excluding tert-OH is 1. The molecule has 0 bridgehead atoms. The number of rotatable bonds is 4. The summed E-state index contributed by atoms with van der Waals surface area (Å²) in [5.74, 6) is -1.77. The van der Waals surface area contributed by atoms with Crippen LogP contribution in [0.15, 0.2) is 30.3 Å². The molecular formula is C23H32N2O5. The lowest BCUT2D eigenvalue weighted by molar-refractivity contribution is -0.161. The molecule has 2 heterocycles. The standard InChI is InChI=1S/C23H32N2O5/c1-3-8-17-14-20(26)15(2)21(27)24-18(13-16-9-5-4-6-10-16)22(28)25-12-7-11-19(25)23(29)30-17/h4-6,9-10,15,17-20,26H,3,7-8,11-14H2,1-2H3,(H,24,27)/t15-,17+,18+,19-,20+/m0/s1. The van der Waals surface area contributed by atoms with E-state index in [4.69, 9.17) is 4.74 Å². The summed E-state index contributed by atoms with van der Waals surface area (Å²) in [6, 6.07) is 8.02. The van der Waals surface area contributed by atoms with Gasteiger partial charge in [0.25, 0.3) is 0 Å². The molecule has 2 aliphatic heterocycles. The maximum atomic E-state index is 13.4. The zero-order valence-electron chi connectivity index (χ0n) is 17.8. The zero-order chi connectivity index (χ0) is 21.7. The van der Waals surface area contributed by atoms with E-state index in [1.54, 1.807) is 11.8 Å². The molecule has 0 radical (unpaired) electrons. The van der Waals surface area contributed by atoms with Gasteiger partial charge in [-0.25, -0.2) is 4.79 Å². The average molecular weight is 417 g/mol. The van der Waals surface area contributed by atoms with E-state index in [1.165, 1.54) is 0 Å². The Balaban J connectivity index is 1.89. The molecule has 7 nitrogen and oxygen atoms in total. The molecule has 2 fully saturated rings. The highest BCUT2D eigenvalue weighted by Crippen LogP contribution is 2.24. The van der Waals surface area contributed by atoms with Gasteiger partial charge >= 0.3 is 5.97 Å². The maximum Gasteiger partial charge on any atom is 0.329 e. The van der Waals surface area contributed by atoms with Crippen molar-refractivity contribution in [3.8, 4) is 0 Å². The first kappa shape index (κ1) is 22.3. The number of fused-ring (bicyclic) bond motifs is 1. The van der Waals surface area contributed by atoms with E-state index in [9.17, 15) is 19.5 Å². The van der Waals surface area contributed by atoms with Crippen molar-refractivity contribution in [2.24, 2.45) is 5.92 Å². The van der Waals surface area contributed by atoms with Crippen molar-refractivity contribution in [1.29, 1.82) is 0 Å². The van der Waals surface area contributed by atoms with Crippen LogP contribution < -0.4 is 5.32 Å². The van der Waals surface area contributed by atoms with Crippen LogP contribution in [-0.4, -0.2) is 58.6 Å². The second-order valence-electron chi connectivity index (χ2n) is 8.38. The van der Waals surface area contributed by atoms with Gasteiger partial charge in [-0.05, 0) is 24.8 Å². The number of cyclic esters (lactones) is 1. The quantitative estimate of drug-likeness (QED) is 0.730. The number of esters is 1. The second-order valence-corrected chi connectivity index (χ2v) is 8.38. The Bertz CT molecular complexity index is 753. The normalized spacial score (nSPS) is 30.7. The fourth-order valence-corrected chi connectivity index (χ4v) is 4.27. The fraction of sp³-hybridized carbons (Fsp3) is 0.609. The maximum absolute atomic E-state index is 13.4. The number of hydrogen-bond donors (Lipinski definition) is 2. The highest BCUT2D eigenvalue weighted by Gasteiger charge is 2.41. The summed E-state index contributed by atoms with van der Waals surface area (Å²) < 4.78 is 5.71. The predicted molar refractivity (Wildman–Crippen MR) is 111 cm³/mol. The van der Waals surface area contributed by atoms with Crippen molar-refractivity contribution in [2.75, 3.05) is 6.54 Å². The third kappa shape index (κ3) is 5.19. The van der Waals surface area contributed by atoms with Crippen LogP contribution in [0.2, 0.25) is 0 Å². The Labute approximate surface area is 177 Å². The largest absolute Gasteiger partial charge is 0.461 e. The first-order valence-corrected chi connectivity index (χ1v) is 10.9. The minimum Gasteiger partial charge on any atom is -0.461 e. The van der Waals surface area contributed by atoms with E-state index in [-0.39, 0.29) is 18.2 Å². The molecule has 5 atom stereocenters. The van der Waals surface area contributed by atoms with Crippen LogP contribution in [0.25, 0.3) is 0 Å². The lowest BCUT2D eigenvalue weighted by atomic mass is 9.95. The van der Waals surface area contributed by atoms with Crippen LogP contribution in [0.4, 0.5) is 0 Å². The minimum atomic E-state index is -0.957. The Morgan fingerprint density at radius 3 is 2.63 bits per heavy atom. The van der Waals surface area contributed by atoms with Crippen molar-refractivity contribution in [2.45, 2.75) is 76.7 Å². The number of ether oxygens (including phenoxy) is 1. The molecule has 0 spiro atoms. The molecule has 30 heavy (non-hydrogen) atoms. The van der Waals surface area contributed by atoms with Crippen molar-refractivity contribution >= 4 is 17.8 Å². The Hall–Kier alpha value is -2.41. The van der Waals surface area contributed by atoms with Crippen LogP contribution in [0.1, 0.15) is 51.5 Å². The van der Waals surface area contributed by atoms with Crippen LogP contribution in [0.3, 0.4) is 0 Å². The molecule has 164 valence electrons. The lowest BCUT2D eigenvalue weighted by Gasteiger charge is -2.32. The Kier molecular flexibility index (Phi) is 7.48. The molecule has 2 amide bonds. The summed E-state index contributed by atoms with van der Waals surface area (Å²) >= 11 is 0. The first-order chi connectivity index (χ1) is 14.4. The minimum absolute atomic E-state index is 0.207. The number of nitrogens with one attached hydrogen (secondary N) is 1. The predicted octanol–water partition coefficient (Wildman–Crippen LogP) is 1.82. The van der Waals surface area contributed by atoms with Gasteiger partial charge in [-0.1, -0.05) is 50.6 Å². The van der Waals surface area contributed by atoms with E-state index in [1.807, 2.05) is 37.3 Å². The van der Waals surface area contributed by atoms with Gasteiger partial charge in [-0.3, -0.25) is 9.59 Å². The molecule has 7 heteroatoms. The summed E-state index contributed by atoms with van der Waals surface area (Å²) in [7, 11) is 0. The SMILES string of the molecule is CCC[C@@H]1C[C@@H](O)[C@H](C)C(=O)N[C@H](Cc2ccccc2)C(=O)N2CCC[C@H]2C(=O)O1. The summed E-state index contributed by atoms with van der Waals surface area (Å²) in [5.41, 5.74) is 0.915. The Morgan fingerprint density at radius 1 is 1.20 bits per heavy atom. The third-order valence-electron chi connectivity index (χ3n) is 6.09. The van der Waals surface area contributed by atoms with Crippen molar-refractivity contribution in [3.63, 3.8) is 0 Å². The number of nitrogens with zero attached hydrogens (tertiary/aromatic N) is 1. The molecule has 2 aliphatic rings. The van der Waals surface area contributed by atoms with E-state index < -0.39 is 36.2 Å². The van der Waals surface area contributed by atoms with E-state index in [0.717, 1.165) is 18.4 Å². The van der Waals surface area contributed by atoms with Gasteiger partial charge < -0.3 is 20.1 Å². The molecule has 3 rings (SSSR count). The first-order valence-electron chi connectivity index (χ1n) is 10.9. The van der Waals surface area contributed by atoms with Crippen LogP contribution in [0.5, 0.6) is 0 Å².